The fourth-order valence-corrected chi connectivity index (χ4v) is 3.87. The summed E-state index contributed by atoms with van der Waals surface area (Å²) in [6.07, 6.45) is 0. The number of nitrogens with one attached hydrogen (secondary N) is 1. The molecule has 2 aromatic carbocycles. The van der Waals surface area contributed by atoms with Crippen molar-refractivity contribution in [3.8, 4) is 5.69 Å². The summed E-state index contributed by atoms with van der Waals surface area (Å²) < 4.78 is 33.0. The molecular weight excluding hydrogens is 437 g/mol. The van der Waals surface area contributed by atoms with Crippen LogP contribution in [0.25, 0.3) is 5.69 Å². The molecule has 0 amide bonds. The maximum absolute atomic E-state index is 12.5. The van der Waals surface area contributed by atoms with Gasteiger partial charge in [-0.05, 0) is 44.3 Å². The minimum absolute atomic E-state index is 0.0628. The average Bonchev–Trinajstić information content (AvgIpc) is 3.00. The molecule has 3 rings (SSSR count). The Morgan fingerprint density at radius 2 is 1.86 bits per heavy atom. The molecule has 1 N–H and O–H groups in total. The molecule has 0 fully saturated rings. The highest BCUT2D eigenvalue weighted by Crippen LogP contribution is 2.26. The third-order valence-corrected chi connectivity index (χ3v) is 6.34. The Labute approximate surface area is 178 Å². The molecule has 10 heteroatoms. The van der Waals surface area contributed by atoms with E-state index in [0.29, 0.717) is 16.4 Å². The van der Waals surface area contributed by atoms with E-state index < -0.39 is 16.0 Å². The highest BCUT2D eigenvalue weighted by molar-refractivity contribution is 7.89. The number of aromatic nitrogens is 2. The number of carbonyl (C=O) groups excluding carboxylic acids is 1. The molecule has 0 bridgehead atoms. The molecule has 0 radical (unpaired) electrons. The van der Waals surface area contributed by atoms with Crippen molar-refractivity contribution in [2.24, 2.45) is 0 Å². The molecule has 0 spiro atoms. The molecule has 0 saturated carbocycles. The van der Waals surface area contributed by atoms with Gasteiger partial charge in [0.05, 0.1) is 26.9 Å². The fourth-order valence-electron chi connectivity index (χ4n) is 2.60. The SMILES string of the molecule is CNS(=O)(=O)c1ccc(Cl)c(C(=O)OCc2c(C)nn(-c3ccccc3)c2Cl)c1. The first-order valence-electron chi connectivity index (χ1n) is 8.44. The highest BCUT2D eigenvalue weighted by atomic mass is 35.5. The number of rotatable bonds is 6. The molecule has 1 heterocycles. The summed E-state index contributed by atoms with van der Waals surface area (Å²) in [5.74, 6) is -0.772. The number of carbonyl (C=O) groups is 1. The molecule has 152 valence electrons. The Hall–Kier alpha value is -2.39. The van der Waals surface area contributed by atoms with Gasteiger partial charge in [-0.2, -0.15) is 5.10 Å². The molecule has 0 atom stereocenters. The van der Waals surface area contributed by atoms with Gasteiger partial charge in [0.1, 0.15) is 11.8 Å². The zero-order valence-electron chi connectivity index (χ0n) is 15.5. The van der Waals surface area contributed by atoms with Gasteiger partial charge in [-0.3, -0.25) is 0 Å². The number of para-hydroxylation sites is 1. The summed E-state index contributed by atoms with van der Waals surface area (Å²) in [5.41, 5.74) is 1.85. The van der Waals surface area contributed by atoms with Crippen LogP contribution in [0.3, 0.4) is 0 Å². The van der Waals surface area contributed by atoms with Crippen LogP contribution in [0.5, 0.6) is 0 Å². The lowest BCUT2D eigenvalue weighted by Gasteiger charge is -2.09. The normalized spacial score (nSPS) is 11.4. The van der Waals surface area contributed by atoms with Gasteiger partial charge in [0.25, 0.3) is 0 Å². The summed E-state index contributed by atoms with van der Waals surface area (Å²) in [7, 11) is -2.45. The maximum atomic E-state index is 12.5. The van der Waals surface area contributed by atoms with Gasteiger partial charge < -0.3 is 4.74 Å². The molecule has 29 heavy (non-hydrogen) atoms. The molecule has 0 aliphatic carbocycles. The van der Waals surface area contributed by atoms with E-state index in [0.717, 1.165) is 5.69 Å². The van der Waals surface area contributed by atoms with Crippen molar-refractivity contribution in [1.82, 2.24) is 14.5 Å². The van der Waals surface area contributed by atoms with Crippen LogP contribution in [0.2, 0.25) is 10.2 Å². The van der Waals surface area contributed by atoms with E-state index >= 15 is 0 Å². The number of halogens is 2. The minimum atomic E-state index is -3.73. The van der Waals surface area contributed by atoms with E-state index in [1.165, 1.54) is 25.2 Å². The molecule has 7 nitrogen and oxygen atoms in total. The Morgan fingerprint density at radius 1 is 1.17 bits per heavy atom. The first-order valence-corrected chi connectivity index (χ1v) is 10.7. The lowest BCUT2D eigenvalue weighted by molar-refractivity contribution is 0.0472. The zero-order valence-corrected chi connectivity index (χ0v) is 17.8. The summed E-state index contributed by atoms with van der Waals surface area (Å²) >= 11 is 12.5. The number of sulfonamides is 1. The molecule has 1 aromatic heterocycles. The number of ether oxygens (including phenoxy) is 1. The smallest absolute Gasteiger partial charge is 0.340 e. The number of esters is 1. The van der Waals surface area contributed by atoms with Crippen molar-refractivity contribution in [1.29, 1.82) is 0 Å². The van der Waals surface area contributed by atoms with E-state index in [1.807, 2.05) is 30.3 Å². The van der Waals surface area contributed by atoms with Crippen molar-refractivity contribution >= 4 is 39.2 Å². The van der Waals surface area contributed by atoms with Crippen molar-refractivity contribution in [3.63, 3.8) is 0 Å². The van der Waals surface area contributed by atoms with Crippen molar-refractivity contribution in [2.75, 3.05) is 7.05 Å². The summed E-state index contributed by atoms with van der Waals surface area (Å²) in [4.78, 5) is 12.4. The summed E-state index contributed by atoms with van der Waals surface area (Å²) in [6, 6.07) is 13.1. The van der Waals surface area contributed by atoms with Gasteiger partial charge in [-0.15, -0.1) is 0 Å². The predicted octanol–water partition coefficient (Wildman–Crippen LogP) is 3.75. The fraction of sp³-hybridized carbons (Fsp3) is 0.158. The zero-order chi connectivity index (χ0) is 21.2. The van der Waals surface area contributed by atoms with Gasteiger partial charge in [-0.25, -0.2) is 22.6 Å². The molecule has 0 aliphatic rings. The molecule has 0 aliphatic heterocycles. The van der Waals surface area contributed by atoms with Gasteiger partial charge in [0, 0.05) is 5.56 Å². The number of benzene rings is 2. The summed E-state index contributed by atoms with van der Waals surface area (Å²) in [6.45, 7) is 1.61. The number of nitrogens with zero attached hydrogens (tertiary/aromatic N) is 2. The van der Waals surface area contributed by atoms with Crippen molar-refractivity contribution in [3.05, 3.63) is 75.5 Å². The third kappa shape index (κ3) is 4.45. The van der Waals surface area contributed by atoms with E-state index in [9.17, 15) is 13.2 Å². The first-order chi connectivity index (χ1) is 13.7. The van der Waals surface area contributed by atoms with E-state index in [-0.39, 0.29) is 22.1 Å². The highest BCUT2D eigenvalue weighted by Gasteiger charge is 2.21. The van der Waals surface area contributed by atoms with E-state index in [4.69, 9.17) is 27.9 Å². The third-order valence-electron chi connectivity index (χ3n) is 4.21. The second-order valence-corrected chi connectivity index (χ2v) is 8.68. The lowest BCUT2D eigenvalue weighted by atomic mass is 10.2. The Balaban J connectivity index is 1.84. The standard InChI is InChI=1S/C19H17Cl2N3O4S/c1-12-16(18(21)24(23-12)13-6-4-3-5-7-13)11-28-19(25)15-10-14(8-9-17(15)20)29(26,27)22-2/h3-10,22H,11H2,1-2H3. The largest absolute Gasteiger partial charge is 0.457 e. The van der Waals surface area contributed by atoms with Crippen LogP contribution in [0.4, 0.5) is 0 Å². The molecule has 0 unspecified atom stereocenters. The van der Waals surface area contributed by atoms with Crippen molar-refractivity contribution in [2.45, 2.75) is 18.4 Å². The van der Waals surface area contributed by atoms with E-state index in [2.05, 4.69) is 9.82 Å². The number of hydrogen-bond acceptors (Lipinski definition) is 5. The number of hydrogen-bond donors (Lipinski definition) is 1. The molecular formula is C19H17Cl2N3O4S. The Bertz CT molecular complexity index is 1160. The van der Waals surface area contributed by atoms with Crippen LogP contribution in [-0.2, 0) is 21.4 Å². The second-order valence-electron chi connectivity index (χ2n) is 6.03. The van der Waals surface area contributed by atoms with Crippen LogP contribution in [0.15, 0.2) is 53.4 Å². The minimum Gasteiger partial charge on any atom is -0.457 e. The lowest BCUT2D eigenvalue weighted by Crippen LogP contribution is -2.19. The topological polar surface area (TPSA) is 90.3 Å². The van der Waals surface area contributed by atoms with Gasteiger partial charge >= 0.3 is 5.97 Å². The predicted molar refractivity (Wildman–Crippen MR) is 110 cm³/mol. The van der Waals surface area contributed by atoms with Crippen LogP contribution in [0, 0.1) is 6.92 Å². The monoisotopic (exact) mass is 453 g/mol. The van der Waals surface area contributed by atoms with Crippen molar-refractivity contribution < 1.29 is 17.9 Å². The Morgan fingerprint density at radius 3 is 2.52 bits per heavy atom. The Kier molecular flexibility index (Phi) is 6.28. The van der Waals surface area contributed by atoms with Crippen LogP contribution < -0.4 is 4.72 Å². The van der Waals surface area contributed by atoms with Crippen LogP contribution >= 0.6 is 23.2 Å². The molecule has 3 aromatic rings. The summed E-state index contributed by atoms with van der Waals surface area (Å²) in [5, 5.41) is 4.78. The quantitative estimate of drug-likeness (QED) is 0.573. The average molecular weight is 454 g/mol. The van der Waals surface area contributed by atoms with Gasteiger partial charge in [-0.1, -0.05) is 41.4 Å². The first kappa shape index (κ1) is 21.3. The van der Waals surface area contributed by atoms with Gasteiger partial charge in [0.2, 0.25) is 10.0 Å². The second kappa shape index (κ2) is 8.54. The van der Waals surface area contributed by atoms with Crippen LogP contribution in [-0.4, -0.2) is 31.2 Å². The number of aryl methyl sites for hydroxylation is 1. The van der Waals surface area contributed by atoms with E-state index in [1.54, 1.807) is 11.6 Å². The molecule has 0 saturated heterocycles. The van der Waals surface area contributed by atoms with Crippen LogP contribution in [0.1, 0.15) is 21.6 Å². The maximum Gasteiger partial charge on any atom is 0.340 e. The van der Waals surface area contributed by atoms with Gasteiger partial charge in [0.15, 0.2) is 0 Å².